The average Bonchev–Trinajstić information content (AvgIpc) is 3.11. The molecule has 0 spiro atoms. The summed E-state index contributed by atoms with van der Waals surface area (Å²) in [4.78, 5) is 0. The van der Waals surface area contributed by atoms with Crippen molar-refractivity contribution in [3.05, 3.63) is 6.92 Å². The Morgan fingerprint density at radius 1 is 1.20 bits per heavy atom. The first-order valence-corrected chi connectivity index (χ1v) is 4.14. The fraction of sp³-hybridized carbons (Fsp3) is 0.889. The zero-order chi connectivity index (χ0) is 11.8. The first-order valence-electron chi connectivity index (χ1n) is 4.14. The van der Waals surface area contributed by atoms with Crippen molar-refractivity contribution in [3.63, 3.8) is 0 Å². The molecule has 0 aromatic rings. The molecule has 1 aliphatic rings. The maximum absolute atomic E-state index is 8.25. The van der Waals surface area contributed by atoms with Crippen molar-refractivity contribution in [2.45, 2.75) is 12.5 Å². The normalized spacial score (nSPS) is 15.0. The van der Waals surface area contributed by atoms with Crippen molar-refractivity contribution in [3.8, 4) is 0 Å². The van der Waals surface area contributed by atoms with Crippen molar-refractivity contribution in [1.29, 1.82) is 0 Å². The summed E-state index contributed by atoms with van der Waals surface area (Å²) in [5.74, 6) is 0. The van der Waals surface area contributed by atoms with E-state index in [4.69, 9.17) is 24.8 Å². The molecule has 0 radical (unpaired) electrons. The van der Waals surface area contributed by atoms with Crippen LogP contribution in [0.4, 0.5) is 0 Å². The minimum Gasteiger partial charge on any atom is -0.857 e. The maximum Gasteiger partial charge on any atom is 4.00 e. The SMILES string of the molecule is C[O-].C[O-].C[O-].[CH2-]CCOCC1CO1.[Ti+4]. The summed E-state index contributed by atoms with van der Waals surface area (Å²) in [6.45, 7) is 6.05. The van der Waals surface area contributed by atoms with Gasteiger partial charge >= 0.3 is 21.7 Å². The van der Waals surface area contributed by atoms with Crippen LogP contribution >= 0.6 is 0 Å². The van der Waals surface area contributed by atoms with E-state index in [1.807, 2.05) is 0 Å². The Morgan fingerprint density at radius 2 is 1.60 bits per heavy atom. The van der Waals surface area contributed by atoms with Crippen LogP contribution in [0.15, 0.2) is 0 Å². The molecule has 1 saturated heterocycles. The minimum atomic E-state index is 0. The van der Waals surface area contributed by atoms with Crippen molar-refractivity contribution in [2.75, 3.05) is 41.2 Å². The van der Waals surface area contributed by atoms with E-state index in [0.717, 1.165) is 47.6 Å². The largest absolute Gasteiger partial charge is 4.00 e. The molecule has 1 fully saturated rings. The quantitative estimate of drug-likeness (QED) is 0.241. The molecular weight excluding hydrogens is 236 g/mol. The first kappa shape index (κ1) is 24.7. The molecule has 1 atom stereocenters. The van der Waals surface area contributed by atoms with Crippen LogP contribution in [-0.4, -0.2) is 47.3 Å². The van der Waals surface area contributed by atoms with E-state index in [-0.39, 0.29) is 21.7 Å². The van der Waals surface area contributed by atoms with Gasteiger partial charge in [0.15, 0.2) is 0 Å². The van der Waals surface area contributed by atoms with E-state index < -0.39 is 0 Å². The number of rotatable bonds is 4. The van der Waals surface area contributed by atoms with E-state index in [0.29, 0.717) is 6.10 Å². The summed E-state index contributed by atoms with van der Waals surface area (Å²) >= 11 is 0. The van der Waals surface area contributed by atoms with Crippen molar-refractivity contribution >= 4 is 0 Å². The van der Waals surface area contributed by atoms with Crippen LogP contribution in [0.5, 0.6) is 0 Å². The zero-order valence-corrected chi connectivity index (χ0v) is 11.2. The van der Waals surface area contributed by atoms with Gasteiger partial charge in [0.1, 0.15) is 6.10 Å². The van der Waals surface area contributed by atoms with E-state index in [1.165, 1.54) is 0 Å². The van der Waals surface area contributed by atoms with Gasteiger partial charge in [0, 0.05) is 6.61 Å². The van der Waals surface area contributed by atoms with Crippen LogP contribution < -0.4 is 15.3 Å². The zero-order valence-electron chi connectivity index (χ0n) is 9.65. The average molecular weight is 256 g/mol. The van der Waals surface area contributed by atoms with Crippen molar-refractivity contribution < 1.29 is 46.5 Å². The van der Waals surface area contributed by atoms with Crippen LogP contribution in [0.2, 0.25) is 0 Å². The van der Waals surface area contributed by atoms with Gasteiger partial charge < -0.3 is 31.7 Å². The second kappa shape index (κ2) is 29.3. The fourth-order valence-electron chi connectivity index (χ4n) is 0.481. The van der Waals surface area contributed by atoms with E-state index in [1.54, 1.807) is 0 Å². The number of ether oxygens (including phenoxy) is 2. The monoisotopic (exact) mass is 256 g/mol. The van der Waals surface area contributed by atoms with Crippen molar-refractivity contribution in [1.82, 2.24) is 0 Å². The van der Waals surface area contributed by atoms with Crippen LogP contribution in [-0.2, 0) is 31.2 Å². The third-order valence-electron chi connectivity index (χ3n) is 0.995. The molecule has 1 heterocycles. The van der Waals surface area contributed by atoms with Gasteiger partial charge in [0.05, 0.1) is 13.2 Å². The fourth-order valence-corrected chi connectivity index (χ4v) is 0.481. The second-order valence-electron chi connectivity index (χ2n) is 1.88. The predicted molar refractivity (Wildman–Crippen MR) is 48.3 cm³/mol. The van der Waals surface area contributed by atoms with Crippen LogP contribution in [0, 0.1) is 6.92 Å². The van der Waals surface area contributed by atoms with Gasteiger partial charge in [-0.3, -0.25) is 0 Å². The smallest absolute Gasteiger partial charge is 0.857 e. The topological polar surface area (TPSA) is 90.9 Å². The molecule has 1 aliphatic heterocycles. The molecule has 0 aliphatic carbocycles. The second-order valence-corrected chi connectivity index (χ2v) is 1.88. The summed E-state index contributed by atoms with van der Waals surface area (Å²) in [6.07, 6.45) is 1.26. The molecule has 0 aromatic heterocycles. The summed E-state index contributed by atoms with van der Waals surface area (Å²) in [6, 6.07) is 0. The molecule has 90 valence electrons. The molecule has 5 nitrogen and oxygen atoms in total. The maximum atomic E-state index is 8.25. The molecule has 0 amide bonds. The van der Waals surface area contributed by atoms with E-state index in [9.17, 15) is 0 Å². The molecule has 15 heavy (non-hydrogen) atoms. The Balaban J connectivity index is -0.0000000755. The molecule has 1 unspecified atom stereocenters. The Kier molecular flexibility index (Phi) is 48.1. The Morgan fingerprint density at radius 3 is 1.87 bits per heavy atom. The van der Waals surface area contributed by atoms with Gasteiger partial charge in [0.25, 0.3) is 0 Å². The standard InChI is InChI=1S/C6H11O2.3CH3O.Ti/c1-2-3-7-4-6-5-8-6;3*1-2;/h6H,1-5H2;3*1H3;/q4*-1;+4. The summed E-state index contributed by atoms with van der Waals surface area (Å²) < 4.78 is 10.0. The van der Waals surface area contributed by atoms with E-state index >= 15 is 0 Å². The van der Waals surface area contributed by atoms with Gasteiger partial charge in [-0.25, -0.2) is 0 Å². The molecule has 6 heteroatoms. The third-order valence-corrected chi connectivity index (χ3v) is 0.995. The number of epoxide rings is 1. The molecule has 0 bridgehead atoms. The van der Waals surface area contributed by atoms with Gasteiger partial charge in [0.2, 0.25) is 0 Å². The van der Waals surface area contributed by atoms with Crippen LogP contribution in [0.3, 0.4) is 0 Å². The van der Waals surface area contributed by atoms with E-state index in [2.05, 4.69) is 6.92 Å². The third kappa shape index (κ3) is 31.4. The van der Waals surface area contributed by atoms with Gasteiger partial charge in [-0.1, -0.05) is 0 Å². The Hall–Kier alpha value is 0.514. The van der Waals surface area contributed by atoms with Gasteiger partial charge in [-0.05, 0) is 0 Å². The summed E-state index contributed by atoms with van der Waals surface area (Å²) in [5.41, 5.74) is 0. The molecule has 1 rings (SSSR count). The van der Waals surface area contributed by atoms with Crippen molar-refractivity contribution in [2.24, 2.45) is 0 Å². The molecule has 0 aromatic carbocycles. The number of hydrogen-bond donors (Lipinski definition) is 0. The predicted octanol–water partition coefficient (Wildman–Crippen LogP) is -2.45. The molecule has 0 saturated carbocycles. The molecular formula is C9H20O5Ti. The summed E-state index contributed by atoms with van der Waals surface area (Å²) in [7, 11) is 2.25. The Labute approximate surface area is 107 Å². The van der Waals surface area contributed by atoms with Crippen LogP contribution in [0.1, 0.15) is 6.42 Å². The Bertz CT molecular complexity index is 71.5. The molecule has 0 N–H and O–H groups in total. The van der Waals surface area contributed by atoms with Gasteiger partial charge in [-0.2, -0.15) is 27.8 Å². The minimum absolute atomic E-state index is 0. The summed E-state index contributed by atoms with van der Waals surface area (Å²) in [5, 5.41) is 24.8. The number of hydrogen-bond acceptors (Lipinski definition) is 5. The first-order chi connectivity index (χ1) is 6.93. The van der Waals surface area contributed by atoms with Gasteiger partial charge in [-0.15, -0.1) is 0 Å². The van der Waals surface area contributed by atoms with Crippen LogP contribution in [0.25, 0.3) is 0 Å².